The third-order valence-corrected chi connectivity index (χ3v) is 5.55. The lowest BCUT2D eigenvalue weighted by atomic mass is 9.96. The van der Waals surface area contributed by atoms with Crippen molar-refractivity contribution in [3.05, 3.63) is 23.5 Å². The third kappa shape index (κ3) is 3.97. The van der Waals surface area contributed by atoms with Crippen LogP contribution in [0.4, 0.5) is 13.2 Å². The Labute approximate surface area is 156 Å². The molecule has 2 aliphatic rings. The number of likely N-dealkylation sites (tertiary alicyclic amines) is 2. The number of carbonyl (C=O) groups excluding carboxylic acids is 2. The minimum absolute atomic E-state index is 0.0815. The molecule has 0 unspecified atom stereocenters. The molecule has 0 saturated carbocycles. The van der Waals surface area contributed by atoms with Crippen LogP contribution < -0.4 is 5.32 Å². The van der Waals surface area contributed by atoms with Gasteiger partial charge in [0.05, 0.1) is 12.1 Å². The Morgan fingerprint density at radius 1 is 1.19 bits per heavy atom. The molecule has 0 spiro atoms. The van der Waals surface area contributed by atoms with Gasteiger partial charge in [-0.25, -0.2) is 0 Å². The molecule has 0 bridgehead atoms. The topological polar surface area (TPSA) is 57.6 Å². The van der Waals surface area contributed by atoms with Crippen molar-refractivity contribution in [3.63, 3.8) is 0 Å². The summed E-state index contributed by atoms with van der Waals surface area (Å²) in [5.41, 5.74) is 1.44. The number of halogens is 3. The molecule has 2 atom stereocenters. The Bertz CT molecular complexity index is 716. The Morgan fingerprint density at radius 3 is 2.59 bits per heavy atom. The van der Waals surface area contributed by atoms with Gasteiger partial charge in [-0.1, -0.05) is 6.42 Å². The molecule has 1 aromatic rings. The highest BCUT2D eigenvalue weighted by Gasteiger charge is 2.44. The van der Waals surface area contributed by atoms with Crippen LogP contribution in [0, 0.1) is 0 Å². The van der Waals surface area contributed by atoms with Gasteiger partial charge in [0.1, 0.15) is 12.2 Å². The van der Waals surface area contributed by atoms with Crippen LogP contribution in [-0.4, -0.2) is 65.1 Å². The highest BCUT2D eigenvalue weighted by atomic mass is 19.4. The quantitative estimate of drug-likeness (QED) is 0.862. The molecule has 1 N–H and O–H groups in total. The summed E-state index contributed by atoms with van der Waals surface area (Å²) in [5.74, 6) is -0.639. The molecule has 0 aliphatic carbocycles. The van der Waals surface area contributed by atoms with Crippen LogP contribution in [0.15, 0.2) is 12.1 Å². The average molecular weight is 386 g/mol. The summed E-state index contributed by atoms with van der Waals surface area (Å²) < 4.78 is 39.9. The molecule has 1 aromatic heterocycles. The van der Waals surface area contributed by atoms with Gasteiger partial charge in [0, 0.05) is 26.3 Å². The van der Waals surface area contributed by atoms with Gasteiger partial charge in [0.2, 0.25) is 5.91 Å². The number of alkyl halides is 3. The van der Waals surface area contributed by atoms with Crippen molar-refractivity contribution >= 4 is 11.8 Å². The number of hydrogen-bond donors (Lipinski definition) is 1. The van der Waals surface area contributed by atoms with Crippen LogP contribution in [0.2, 0.25) is 0 Å². The Hall–Kier alpha value is -2.03. The molecule has 6 nitrogen and oxygen atoms in total. The van der Waals surface area contributed by atoms with Gasteiger partial charge < -0.3 is 14.8 Å². The number of carbonyl (C=O) groups is 2. The molecule has 3 rings (SSSR count). The van der Waals surface area contributed by atoms with Crippen molar-refractivity contribution in [3.8, 4) is 0 Å². The molecule has 2 saturated heterocycles. The summed E-state index contributed by atoms with van der Waals surface area (Å²) in [6.45, 7) is -0.393. The summed E-state index contributed by atoms with van der Waals surface area (Å²) in [4.78, 5) is 27.5. The number of amides is 2. The van der Waals surface area contributed by atoms with Crippen LogP contribution in [0.1, 0.15) is 47.9 Å². The molecule has 0 aromatic carbocycles. The highest BCUT2D eigenvalue weighted by molar-refractivity contribution is 5.92. The summed E-state index contributed by atoms with van der Waals surface area (Å²) in [6.07, 6.45) is -1.28. The molecule has 3 heterocycles. The summed E-state index contributed by atoms with van der Waals surface area (Å²) in [7, 11) is 3.37. The first-order chi connectivity index (χ1) is 12.7. The van der Waals surface area contributed by atoms with Gasteiger partial charge in [-0.3, -0.25) is 14.5 Å². The Balaban J connectivity index is 1.82. The fourth-order valence-corrected chi connectivity index (χ4v) is 4.27. The molecular formula is C18H25F3N4O2. The zero-order chi connectivity index (χ0) is 19.8. The predicted molar refractivity (Wildman–Crippen MR) is 93.1 cm³/mol. The SMILES string of the molecule is CNC(=O)c1ccc([C@@H]2CCCCN2[C@H]2CCN(CC(F)(F)F)C2=O)n1C. The molecule has 2 fully saturated rings. The van der Waals surface area contributed by atoms with E-state index >= 15 is 0 Å². The fraction of sp³-hybridized carbons (Fsp3) is 0.667. The zero-order valence-electron chi connectivity index (χ0n) is 15.6. The second-order valence-corrected chi connectivity index (χ2v) is 7.21. The average Bonchev–Trinajstić information content (AvgIpc) is 3.16. The van der Waals surface area contributed by atoms with Crippen LogP contribution in [0.25, 0.3) is 0 Å². The van der Waals surface area contributed by atoms with Crippen molar-refractivity contribution in [1.29, 1.82) is 0 Å². The Morgan fingerprint density at radius 2 is 1.93 bits per heavy atom. The van der Waals surface area contributed by atoms with Crippen molar-refractivity contribution in [1.82, 2.24) is 19.7 Å². The van der Waals surface area contributed by atoms with E-state index in [2.05, 4.69) is 5.32 Å². The van der Waals surface area contributed by atoms with E-state index in [1.165, 1.54) is 0 Å². The standard InChI is InChI=1S/C18H25F3N4O2/c1-22-16(26)14-7-6-12(23(14)2)13-5-3-4-9-25(13)15-8-10-24(17(15)27)11-18(19,20)21/h6-7,13,15H,3-5,8-11H2,1-2H3,(H,22,26)/t13-,15-/m0/s1. The maximum atomic E-state index is 12.7. The minimum atomic E-state index is -4.38. The lowest BCUT2D eigenvalue weighted by molar-refractivity contribution is -0.159. The number of piperidine rings is 1. The molecule has 2 aliphatic heterocycles. The normalized spacial score (nSPS) is 24.5. The van der Waals surface area contributed by atoms with Crippen molar-refractivity contribution < 1.29 is 22.8 Å². The van der Waals surface area contributed by atoms with Gasteiger partial charge >= 0.3 is 6.18 Å². The van der Waals surface area contributed by atoms with Gasteiger partial charge in [0.15, 0.2) is 0 Å². The highest BCUT2D eigenvalue weighted by Crippen LogP contribution is 2.36. The van der Waals surface area contributed by atoms with E-state index < -0.39 is 24.7 Å². The summed E-state index contributed by atoms with van der Waals surface area (Å²) >= 11 is 0. The van der Waals surface area contributed by atoms with Crippen LogP contribution in [-0.2, 0) is 11.8 Å². The van der Waals surface area contributed by atoms with Crippen molar-refractivity contribution in [2.75, 3.05) is 26.7 Å². The molecule has 0 radical (unpaired) electrons. The van der Waals surface area contributed by atoms with E-state index in [4.69, 9.17) is 0 Å². The number of hydrogen-bond acceptors (Lipinski definition) is 3. The maximum Gasteiger partial charge on any atom is 0.406 e. The summed E-state index contributed by atoms with van der Waals surface area (Å²) in [6, 6.07) is 3.01. The Kier molecular flexibility index (Phi) is 5.50. The first-order valence-electron chi connectivity index (χ1n) is 9.22. The zero-order valence-corrected chi connectivity index (χ0v) is 15.6. The van der Waals surface area contributed by atoms with Crippen LogP contribution in [0.3, 0.4) is 0 Å². The summed E-state index contributed by atoms with van der Waals surface area (Å²) in [5, 5.41) is 2.60. The van der Waals surface area contributed by atoms with E-state index in [1.54, 1.807) is 20.2 Å². The molecule has 27 heavy (non-hydrogen) atoms. The van der Waals surface area contributed by atoms with E-state index in [9.17, 15) is 22.8 Å². The van der Waals surface area contributed by atoms with Gasteiger partial charge in [-0.2, -0.15) is 13.2 Å². The van der Waals surface area contributed by atoms with Crippen molar-refractivity contribution in [2.24, 2.45) is 7.05 Å². The largest absolute Gasteiger partial charge is 0.406 e. The smallest absolute Gasteiger partial charge is 0.354 e. The first kappa shape index (κ1) is 19.7. The van der Waals surface area contributed by atoms with Crippen LogP contribution in [0.5, 0.6) is 0 Å². The van der Waals surface area contributed by atoms with Crippen molar-refractivity contribution in [2.45, 2.75) is 43.9 Å². The van der Waals surface area contributed by atoms with Gasteiger partial charge in [0.25, 0.3) is 5.91 Å². The van der Waals surface area contributed by atoms with Crippen LogP contribution >= 0.6 is 0 Å². The molecular weight excluding hydrogens is 361 g/mol. The molecule has 9 heteroatoms. The lowest BCUT2D eigenvalue weighted by Gasteiger charge is -2.39. The van der Waals surface area contributed by atoms with E-state index in [0.29, 0.717) is 18.7 Å². The second kappa shape index (κ2) is 7.53. The maximum absolute atomic E-state index is 12.7. The lowest BCUT2D eigenvalue weighted by Crippen LogP contribution is -2.47. The number of rotatable bonds is 4. The number of nitrogens with zero attached hydrogens (tertiary/aromatic N) is 3. The third-order valence-electron chi connectivity index (χ3n) is 5.55. The van der Waals surface area contributed by atoms with E-state index in [0.717, 1.165) is 29.9 Å². The first-order valence-corrected chi connectivity index (χ1v) is 9.22. The minimum Gasteiger partial charge on any atom is -0.354 e. The molecule has 150 valence electrons. The molecule has 2 amide bonds. The van der Waals surface area contributed by atoms with Gasteiger partial charge in [-0.05, 0) is 37.9 Å². The second-order valence-electron chi connectivity index (χ2n) is 7.21. The van der Waals surface area contributed by atoms with E-state index in [-0.39, 0.29) is 18.5 Å². The number of nitrogens with one attached hydrogen (secondary N) is 1. The van der Waals surface area contributed by atoms with E-state index in [1.807, 2.05) is 15.5 Å². The fourth-order valence-electron chi connectivity index (χ4n) is 4.27. The monoisotopic (exact) mass is 386 g/mol. The number of aromatic nitrogens is 1. The predicted octanol–water partition coefficient (Wildman–Crippen LogP) is 2.07. The van der Waals surface area contributed by atoms with Gasteiger partial charge in [-0.15, -0.1) is 0 Å².